The van der Waals surface area contributed by atoms with Crippen molar-refractivity contribution in [3.8, 4) is 28.4 Å². The molecule has 0 saturated heterocycles. The fourth-order valence-corrected chi connectivity index (χ4v) is 4.60. The summed E-state index contributed by atoms with van der Waals surface area (Å²) in [5.41, 5.74) is 4.66. The van der Waals surface area contributed by atoms with Crippen LogP contribution < -0.4 is 19.6 Å². The van der Waals surface area contributed by atoms with Crippen LogP contribution in [0.15, 0.2) is 90.0 Å². The smallest absolute Gasteiger partial charge is 0.343 e. The lowest BCUT2D eigenvalue weighted by atomic mass is 10.0. The second kappa shape index (κ2) is 12.6. The molecule has 43 heavy (non-hydrogen) atoms. The lowest BCUT2D eigenvalue weighted by molar-refractivity contribution is -0.132. The number of hydrogen-bond donors (Lipinski definition) is 2. The Labute approximate surface area is 249 Å². The highest BCUT2D eigenvalue weighted by Crippen LogP contribution is 2.37. The summed E-state index contributed by atoms with van der Waals surface area (Å²) in [5.74, 6) is -1.79. The number of fused-ring (bicyclic) bond motifs is 1. The summed E-state index contributed by atoms with van der Waals surface area (Å²) in [4.78, 5) is 40.5. The van der Waals surface area contributed by atoms with Crippen molar-refractivity contribution in [2.24, 2.45) is 5.10 Å². The molecule has 0 unspecified atom stereocenters. The predicted octanol–water partition coefficient (Wildman–Crippen LogP) is 6.54. The molecule has 0 bridgehead atoms. The first kappa shape index (κ1) is 29.0. The Morgan fingerprint density at radius 3 is 2.44 bits per heavy atom. The molecule has 2 N–H and O–H groups in total. The number of halogens is 2. The van der Waals surface area contributed by atoms with Crippen molar-refractivity contribution in [3.63, 3.8) is 0 Å². The molecule has 0 spiro atoms. The van der Waals surface area contributed by atoms with Gasteiger partial charge in [-0.2, -0.15) is 5.10 Å². The van der Waals surface area contributed by atoms with Crippen molar-refractivity contribution in [2.75, 3.05) is 7.11 Å². The van der Waals surface area contributed by atoms with E-state index in [-0.39, 0.29) is 28.5 Å². The third-order valence-corrected chi connectivity index (χ3v) is 6.60. The number of methoxy groups -OCH3 is 1. The molecule has 0 aliphatic rings. The molecule has 1 amide bonds. The maximum atomic E-state index is 14.1. The molecule has 216 valence electrons. The highest BCUT2D eigenvalue weighted by atomic mass is 35.5. The number of hydrazone groups is 1. The van der Waals surface area contributed by atoms with E-state index in [1.54, 1.807) is 48.5 Å². The van der Waals surface area contributed by atoms with Crippen LogP contribution in [0.1, 0.15) is 33.3 Å². The van der Waals surface area contributed by atoms with Crippen LogP contribution in [0.25, 0.3) is 22.0 Å². The Balaban J connectivity index is 1.37. The quantitative estimate of drug-likeness (QED) is 0.0904. The first-order chi connectivity index (χ1) is 20.7. The van der Waals surface area contributed by atoms with Crippen molar-refractivity contribution in [1.82, 2.24) is 10.4 Å². The molecule has 0 aliphatic carbocycles. The second-order valence-electron chi connectivity index (χ2n) is 9.13. The molecule has 9 nitrogen and oxygen atoms in total. The minimum atomic E-state index is -0.702. The van der Waals surface area contributed by atoms with Gasteiger partial charge < -0.3 is 19.2 Å². The summed E-state index contributed by atoms with van der Waals surface area (Å²) in [5, 5.41) is 4.93. The molecule has 0 fully saturated rings. The Kier molecular flexibility index (Phi) is 8.49. The van der Waals surface area contributed by atoms with Gasteiger partial charge in [0.2, 0.25) is 0 Å². The molecule has 1 aromatic heterocycles. The highest BCUT2D eigenvalue weighted by molar-refractivity contribution is 6.34. The number of aromatic nitrogens is 1. The molecule has 0 aliphatic heterocycles. The summed E-state index contributed by atoms with van der Waals surface area (Å²) in [7, 11) is 1.38. The molecule has 4 aromatic carbocycles. The molecule has 5 rings (SSSR count). The molecular weight excluding hydrogens is 577 g/mol. The van der Waals surface area contributed by atoms with Crippen molar-refractivity contribution in [2.45, 2.75) is 6.92 Å². The van der Waals surface area contributed by atoms with Gasteiger partial charge in [-0.1, -0.05) is 41.9 Å². The Morgan fingerprint density at radius 1 is 0.907 bits per heavy atom. The van der Waals surface area contributed by atoms with E-state index in [4.69, 9.17) is 25.8 Å². The van der Waals surface area contributed by atoms with Gasteiger partial charge in [-0.05, 0) is 54.6 Å². The number of amides is 1. The number of ether oxygens (including phenoxy) is 3. The number of para-hydroxylation sites is 1. The molecule has 11 heteroatoms. The number of nitrogens with one attached hydrogen (secondary N) is 2. The van der Waals surface area contributed by atoms with Gasteiger partial charge in [0, 0.05) is 39.5 Å². The van der Waals surface area contributed by atoms with Crippen molar-refractivity contribution < 1.29 is 33.0 Å². The topological polar surface area (TPSA) is 119 Å². The van der Waals surface area contributed by atoms with E-state index in [9.17, 15) is 18.8 Å². The van der Waals surface area contributed by atoms with Gasteiger partial charge in [-0.25, -0.2) is 14.6 Å². The highest BCUT2D eigenvalue weighted by Gasteiger charge is 2.21. The lowest BCUT2D eigenvalue weighted by Gasteiger charge is -2.11. The monoisotopic (exact) mass is 599 g/mol. The van der Waals surface area contributed by atoms with Crippen LogP contribution in [0.3, 0.4) is 0 Å². The van der Waals surface area contributed by atoms with E-state index in [1.165, 1.54) is 56.6 Å². The fourth-order valence-electron chi connectivity index (χ4n) is 4.37. The first-order valence-electron chi connectivity index (χ1n) is 12.8. The minimum absolute atomic E-state index is 0.136. The van der Waals surface area contributed by atoms with E-state index in [0.29, 0.717) is 32.6 Å². The van der Waals surface area contributed by atoms with Crippen LogP contribution in [0.4, 0.5) is 4.39 Å². The second-order valence-corrected chi connectivity index (χ2v) is 9.54. The predicted molar refractivity (Wildman–Crippen MR) is 159 cm³/mol. The normalized spacial score (nSPS) is 11.0. The fraction of sp³-hybridized carbons (Fsp3) is 0.0625. The maximum Gasteiger partial charge on any atom is 0.343 e. The minimum Gasteiger partial charge on any atom is -0.493 e. The van der Waals surface area contributed by atoms with E-state index >= 15 is 0 Å². The number of nitrogens with zero attached hydrogens (tertiary/aromatic N) is 1. The summed E-state index contributed by atoms with van der Waals surface area (Å²) in [6.07, 6.45) is 1.32. The SMILES string of the molecule is COc1cc(C(=O)Oc2ccccc2C=NNC(=O)c2[nH]c3ccc(F)cc3c2-c2ccccc2Cl)ccc1OC(C)=O. The van der Waals surface area contributed by atoms with Gasteiger partial charge in [0.1, 0.15) is 17.3 Å². The summed E-state index contributed by atoms with van der Waals surface area (Å²) in [6, 6.07) is 21.9. The van der Waals surface area contributed by atoms with E-state index in [1.807, 2.05) is 0 Å². The van der Waals surface area contributed by atoms with Crippen LogP contribution in [0, 0.1) is 5.82 Å². The molecule has 0 saturated carbocycles. The number of aromatic amines is 1. The number of carbonyl (C=O) groups is 3. The third-order valence-electron chi connectivity index (χ3n) is 6.28. The van der Waals surface area contributed by atoms with Gasteiger partial charge >= 0.3 is 11.9 Å². The number of esters is 2. The summed E-state index contributed by atoms with van der Waals surface area (Å²) >= 11 is 6.43. The van der Waals surface area contributed by atoms with Crippen LogP contribution >= 0.6 is 11.6 Å². The average molecular weight is 600 g/mol. The van der Waals surface area contributed by atoms with Crippen molar-refractivity contribution >= 4 is 46.6 Å². The van der Waals surface area contributed by atoms with Gasteiger partial charge in [0.15, 0.2) is 11.5 Å². The lowest BCUT2D eigenvalue weighted by Crippen LogP contribution is -2.19. The molecule has 1 heterocycles. The number of carbonyl (C=O) groups excluding carboxylic acids is 3. The number of hydrogen-bond acceptors (Lipinski definition) is 7. The standard InChI is InChI=1S/C32H23ClFN3O6/c1-18(38)42-27-14-11-19(15-28(27)41-2)32(40)43-26-10-6-3-7-20(26)17-35-37-31(39)30-29(22-8-4-5-9-24(22)33)23-16-21(34)12-13-25(23)36-30/h3-17,36H,1-2H3,(H,37,39). The van der Waals surface area contributed by atoms with E-state index in [0.717, 1.165) is 0 Å². The van der Waals surface area contributed by atoms with Crippen LogP contribution in [0.2, 0.25) is 5.02 Å². The molecule has 5 aromatic rings. The Hall–Kier alpha value is -5.48. The van der Waals surface area contributed by atoms with Crippen molar-refractivity contribution in [3.05, 3.63) is 113 Å². The number of benzene rings is 4. The molecule has 0 atom stereocenters. The van der Waals surface area contributed by atoms with Gasteiger partial charge in [-0.15, -0.1) is 0 Å². The number of rotatable bonds is 8. The van der Waals surface area contributed by atoms with E-state index < -0.39 is 23.7 Å². The zero-order valence-corrected chi connectivity index (χ0v) is 23.6. The zero-order valence-electron chi connectivity index (χ0n) is 22.8. The first-order valence-corrected chi connectivity index (χ1v) is 13.2. The third kappa shape index (κ3) is 6.39. The summed E-state index contributed by atoms with van der Waals surface area (Å²) in [6.45, 7) is 1.25. The molecule has 0 radical (unpaired) electrons. The van der Waals surface area contributed by atoms with Gasteiger partial charge in [-0.3, -0.25) is 9.59 Å². The van der Waals surface area contributed by atoms with Gasteiger partial charge in [0.25, 0.3) is 5.91 Å². The summed E-state index contributed by atoms with van der Waals surface area (Å²) < 4.78 is 30.0. The number of H-pyrrole nitrogens is 1. The average Bonchev–Trinajstić information content (AvgIpc) is 3.36. The zero-order chi connectivity index (χ0) is 30.5. The van der Waals surface area contributed by atoms with Crippen LogP contribution in [0.5, 0.6) is 17.2 Å². The van der Waals surface area contributed by atoms with Crippen molar-refractivity contribution in [1.29, 1.82) is 0 Å². The largest absolute Gasteiger partial charge is 0.493 e. The molecular formula is C32H23ClFN3O6. The van der Waals surface area contributed by atoms with Crippen LogP contribution in [-0.2, 0) is 4.79 Å². The van der Waals surface area contributed by atoms with Crippen LogP contribution in [-0.4, -0.2) is 36.2 Å². The maximum absolute atomic E-state index is 14.1. The van der Waals surface area contributed by atoms with E-state index in [2.05, 4.69) is 15.5 Å². The Bertz CT molecular complexity index is 1900. The van der Waals surface area contributed by atoms with Gasteiger partial charge in [0.05, 0.1) is 18.9 Å². The Morgan fingerprint density at radius 2 is 1.67 bits per heavy atom.